The number of piperidine rings is 1. The minimum absolute atomic E-state index is 0.0701. The van der Waals surface area contributed by atoms with Gasteiger partial charge in [0, 0.05) is 61.4 Å². The zero-order valence-corrected chi connectivity index (χ0v) is 26.9. The Kier molecular flexibility index (Phi) is 11.0. The first kappa shape index (κ1) is 33.3. The molecular formula is C36H42N4O7. The van der Waals surface area contributed by atoms with Crippen LogP contribution in [0.1, 0.15) is 52.0 Å². The molecule has 0 aliphatic carbocycles. The van der Waals surface area contributed by atoms with E-state index in [1.54, 1.807) is 58.3 Å². The third kappa shape index (κ3) is 8.41. The Morgan fingerprint density at radius 3 is 2.26 bits per heavy atom. The number of carbonyl (C=O) groups is 4. The van der Waals surface area contributed by atoms with Crippen LogP contribution in [0.3, 0.4) is 0 Å². The number of nitrogens with one attached hydrogen (secondary N) is 2. The number of phenolic OH excluding ortho intramolecular Hbond substituents is 1. The lowest BCUT2D eigenvalue weighted by Gasteiger charge is -2.34. The number of aromatic hydroxyl groups is 1. The molecule has 4 bridgehead atoms. The van der Waals surface area contributed by atoms with Gasteiger partial charge in [0.05, 0.1) is 20.8 Å². The molecule has 248 valence electrons. The molecule has 11 heteroatoms. The van der Waals surface area contributed by atoms with Gasteiger partial charge in [0.1, 0.15) is 17.2 Å². The molecule has 2 heterocycles. The molecule has 3 aromatic rings. The summed E-state index contributed by atoms with van der Waals surface area (Å²) in [6.45, 7) is 1.91. The van der Waals surface area contributed by atoms with Crippen LogP contribution >= 0.6 is 0 Å². The monoisotopic (exact) mass is 642 g/mol. The molecule has 11 nitrogen and oxygen atoms in total. The molecule has 1 saturated heterocycles. The Morgan fingerprint density at radius 1 is 0.809 bits per heavy atom. The van der Waals surface area contributed by atoms with Crippen molar-refractivity contribution in [3.63, 3.8) is 0 Å². The van der Waals surface area contributed by atoms with Crippen molar-refractivity contribution in [2.24, 2.45) is 5.92 Å². The van der Waals surface area contributed by atoms with Crippen molar-refractivity contribution in [2.75, 3.05) is 53.5 Å². The van der Waals surface area contributed by atoms with Crippen LogP contribution in [0, 0.1) is 5.92 Å². The summed E-state index contributed by atoms with van der Waals surface area (Å²) < 4.78 is 10.6. The number of rotatable bonds is 4. The van der Waals surface area contributed by atoms with E-state index in [-0.39, 0.29) is 41.8 Å². The number of ether oxygens (including phenoxy) is 2. The fourth-order valence-electron chi connectivity index (χ4n) is 6.07. The molecule has 0 saturated carbocycles. The van der Waals surface area contributed by atoms with Crippen molar-refractivity contribution >= 4 is 23.6 Å². The van der Waals surface area contributed by atoms with Gasteiger partial charge in [-0.05, 0) is 79.6 Å². The summed E-state index contributed by atoms with van der Waals surface area (Å²) in [4.78, 5) is 56.3. The second-order valence-electron chi connectivity index (χ2n) is 11.9. The van der Waals surface area contributed by atoms with Gasteiger partial charge >= 0.3 is 0 Å². The van der Waals surface area contributed by atoms with Crippen LogP contribution in [-0.4, -0.2) is 92.0 Å². The molecule has 0 radical (unpaired) electrons. The van der Waals surface area contributed by atoms with Gasteiger partial charge < -0.3 is 35.0 Å². The Labute approximate surface area is 274 Å². The molecule has 0 atom stereocenters. The third-order valence-corrected chi connectivity index (χ3v) is 8.75. The van der Waals surface area contributed by atoms with Crippen molar-refractivity contribution in [3.8, 4) is 28.4 Å². The maximum atomic E-state index is 13.8. The predicted molar refractivity (Wildman–Crippen MR) is 177 cm³/mol. The topological polar surface area (TPSA) is 138 Å². The molecule has 3 N–H and O–H groups in total. The molecule has 3 aromatic carbocycles. The van der Waals surface area contributed by atoms with Gasteiger partial charge in [0.25, 0.3) is 11.8 Å². The van der Waals surface area contributed by atoms with E-state index >= 15 is 0 Å². The molecule has 5 rings (SSSR count). The number of methoxy groups -OCH3 is 2. The molecular weight excluding hydrogens is 600 g/mol. The van der Waals surface area contributed by atoms with E-state index in [9.17, 15) is 24.3 Å². The van der Waals surface area contributed by atoms with Gasteiger partial charge in [-0.3, -0.25) is 19.2 Å². The summed E-state index contributed by atoms with van der Waals surface area (Å²) in [5, 5.41) is 16.4. The van der Waals surface area contributed by atoms with Crippen molar-refractivity contribution < 1.29 is 33.8 Å². The number of carbonyl (C=O) groups excluding carboxylic acids is 4. The standard InChI is InChI=1S/C36H42N4O7/c1-46-29-20-28(21-30(22-29)47-2)36(45)39-16-11-25(12-17-39)35(44)40-15-4-3-13-38-34(43)27-7-5-6-26(19-27)31-18-24(8-9-32(31)41)10-14-37-33(42)23-40/h5-9,18-22,25,41H,3-4,10-17,23H2,1-2H3,(H,37,42)(H,38,43). The summed E-state index contributed by atoms with van der Waals surface area (Å²) in [6.07, 6.45) is 2.73. The number of nitrogens with zero attached hydrogens (tertiary/aromatic N) is 2. The minimum Gasteiger partial charge on any atom is -0.507 e. The highest BCUT2D eigenvalue weighted by Crippen LogP contribution is 2.31. The SMILES string of the molecule is COc1cc(OC)cc(C(=O)N2CCC(C(=O)N3CCCCNC(=O)c4cccc(c4)-c4cc(ccc4O)CCNC(=O)C3)CC2)c1. The largest absolute Gasteiger partial charge is 0.507 e. The lowest BCUT2D eigenvalue weighted by Crippen LogP contribution is -2.47. The lowest BCUT2D eigenvalue weighted by atomic mass is 9.94. The molecule has 2 aliphatic rings. The Balaban J connectivity index is 1.24. The first-order valence-corrected chi connectivity index (χ1v) is 16.0. The highest BCUT2D eigenvalue weighted by molar-refractivity contribution is 5.96. The van der Waals surface area contributed by atoms with E-state index in [0.717, 1.165) is 11.1 Å². The zero-order valence-electron chi connectivity index (χ0n) is 26.9. The second kappa shape index (κ2) is 15.5. The van der Waals surface area contributed by atoms with E-state index in [1.165, 1.54) is 14.2 Å². The van der Waals surface area contributed by atoms with Gasteiger partial charge in [-0.25, -0.2) is 0 Å². The van der Waals surface area contributed by atoms with Crippen molar-refractivity contribution in [1.82, 2.24) is 20.4 Å². The van der Waals surface area contributed by atoms with Crippen LogP contribution in [-0.2, 0) is 16.0 Å². The average Bonchev–Trinajstić information content (AvgIpc) is 3.10. The number of hydrogen-bond donors (Lipinski definition) is 3. The highest BCUT2D eigenvalue weighted by atomic mass is 16.5. The number of hydrogen-bond acceptors (Lipinski definition) is 7. The number of amides is 4. The van der Waals surface area contributed by atoms with Crippen LogP contribution in [0.4, 0.5) is 0 Å². The number of benzene rings is 3. The molecule has 47 heavy (non-hydrogen) atoms. The first-order valence-electron chi connectivity index (χ1n) is 16.0. The number of fused-ring (bicyclic) bond motifs is 5. The van der Waals surface area contributed by atoms with Crippen LogP contribution < -0.4 is 20.1 Å². The number of likely N-dealkylation sites (tertiary alicyclic amines) is 1. The molecule has 1 fully saturated rings. The van der Waals surface area contributed by atoms with E-state index in [0.29, 0.717) is 93.0 Å². The molecule has 4 amide bonds. The van der Waals surface area contributed by atoms with Crippen molar-refractivity contribution in [1.29, 1.82) is 0 Å². The molecule has 0 unspecified atom stereocenters. The quantitative estimate of drug-likeness (QED) is 0.395. The van der Waals surface area contributed by atoms with E-state index < -0.39 is 0 Å². The number of phenols is 1. The smallest absolute Gasteiger partial charge is 0.254 e. The maximum Gasteiger partial charge on any atom is 0.254 e. The fourth-order valence-corrected chi connectivity index (χ4v) is 6.07. The van der Waals surface area contributed by atoms with Gasteiger partial charge in [-0.2, -0.15) is 0 Å². The summed E-state index contributed by atoms with van der Waals surface area (Å²) in [5.74, 6) is 0.116. The van der Waals surface area contributed by atoms with Crippen LogP contribution in [0.2, 0.25) is 0 Å². The summed E-state index contributed by atoms with van der Waals surface area (Å²) in [6, 6.07) is 17.5. The summed E-state index contributed by atoms with van der Waals surface area (Å²) in [7, 11) is 3.06. The van der Waals surface area contributed by atoms with Gasteiger partial charge in [-0.15, -0.1) is 0 Å². The average molecular weight is 643 g/mol. The predicted octanol–water partition coefficient (Wildman–Crippen LogP) is 3.64. The minimum atomic E-state index is -0.313. The zero-order chi connectivity index (χ0) is 33.3. The Morgan fingerprint density at radius 2 is 1.53 bits per heavy atom. The van der Waals surface area contributed by atoms with Crippen molar-refractivity contribution in [2.45, 2.75) is 32.1 Å². The van der Waals surface area contributed by atoms with Gasteiger partial charge in [0.15, 0.2) is 0 Å². The summed E-state index contributed by atoms with van der Waals surface area (Å²) in [5.41, 5.74) is 3.20. The fraction of sp³-hybridized carbons (Fsp3) is 0.389. The first-order chi connectivity index (χ1) is 22.7. The van der Waals surface area contributed by atoms with Crippen LogP contribution in [0.15, 0.2) is 60.7 Å². The summed E-state index contributed by atoms with van der Waals surface area (Å²) >= 11 is 0. The Hall–Kier alpha value is -5.06. The molecule has 2 aliphatic heterocycles. The second-order valence-corrected chi connectivity index (χ2v) is 11.9. The van der Waals surface area contributed by atoms with E-state index in [2.05, 4.69) is 10.6 Å². The van der Waals surface area contributed by atoms with Crippen LogP contribution in [0.25, 0.3) is 11.1 Å². The van der Waals surface area contributed by atoms with Gasteiger partial charge in [-0.1, -0.05) is 18.2 Å². The lowest BCUT2D eigenvalue weighted by molar-refractivity contribution is -0.140. The third-order valence-electron chi connectivity index (χ3n) is 8.75. The maximum absolute atomic E-state index is 13.8. The van der Waals surface area contributed by atoms with E-state index in [4.69, 9.17) is 9.47 Å². The molecule has 0 aromatic heterocycles. The highest BCUT2D eigenvalue weighted by Gasteiger charge is 2.31. The normalized spacial score (nSPS) is 16.7. The Bertz CT molecular complexity index is 1590. The van der Waals surface area contributed by atoms with E-state index in [1.807, 2.05) is 12.1 Å². The molecule has 0 spiro atoms. The van der Waals surface area contributed by atoms with Crippen molar-refractivity contribution in [3.05, 3.63) is 77.4 Å². The van der Waals surface area contributed by atoms with Crippen LogP contribution in [0.5, 0.6) is 17.2 Å². The van der Waals surface area contributed by atoms with Gasteiger partial charge in [0.2, 0.25) is 11.8 Å².